The van der Waals surface area contributed by atoms with Crippen LogP contribution >= 0.6 is 0 Å². The highest BCUT2D eigenvalue weighted by molar-refractivity contribution is 5.93. The van der Waals surface area contributed by atoms with Crippen molar-refractivity contribution in [3.05, 3.63) is 24.3 Å². The third-order valence-corrected chi connectivity index (χ3v) is 3.89. The van der Waals surface area contributed by atoms with Gasteiger partial charge in [0, 0.05) is 11.8 Å². The molecule has 0 N–H and O–H groups in total. The van der Waals surface area contributed by atoms with E-state index in [9.17, 15) is 4.79 Å². The Morgan fingerprint density at radius 1 is 1.38 bits per heavy atom. The summed E-state index contributed by atoms with van der Waals surface area (Å²) in [7, 11) is 0. The SMILES string of the molecule is C[C@H]1C=CC[C@@H]2[C@H]1C(=O)C=CC21OCCO1. The number of hydrogen-bond acceptors (Lipinski definition) is 3. The monoisotopic (exact) mass is 220 g/mol. The summed E-state index contributed by atoms with van der Waals surface area (Å²) in [5.41, 5.74) is 0. The summed E-state index contributed by atoms with van der Waals surface area (Å²) in [5.74, 6) is 0.0328. The third-order valence-electron chi connectivity index (χ3n) is 3.89. The Balaban J connectivity index is 2.01. The molecule has 3 nitrogen and oxygen atoms in total. The van der Waals surface area contributed by atoms with Gasteiger partial charge in [-0.25, -0.2) is 0 Å². The fourth-order valence-electron chi connectivity index (χ4n) is 3.13. The van der Waals surface area contributed by atoms with Crippen LogP contribution in [0.25, 0.3) is 0 Å². The summed E-state index contributed by atoms with van der Waals surface area (Å²) in [6.45, 7) is 3.34. The van der Waals surface area contributed by atoms with E-state index in [1.165, 1.54) is 0 Å². The van der Waals surface area contributed by atoms with Crippen LogP contribution in [-0.4, -0.2) is 24.8 Å². The Hall–Kier alpha value is -0.930. The molecule has 86 valence electrons. The molecule has 2 aliphatic carbocycles. The normalized spacial score (nSPS) is 40.3. The second-order valence-corrected chi connectivity index (χ2v) is 4.81. The molecule has 0 aromatic rings. The topological polar surface area (TPSA) is 35.5 Å². The van der Waals surface area contributed by atoms with E-state index < -0.39 is 5.79 Å². The molecule has 0 unspecified atom stereocenters. The summed E-state index contributed by atoms with van der Waals surface area (Å²) in [6.07, 6.45) is 8.59. The maximum absolute atomic E-state index is 11.9. The van der Waals surface area contributed by atoms with E-state index in [1.54, 1.807) is 6.08 Å². The molecule has 1 spiro atoms. The second kappa shape index (κ2) is 3.54. The Labute approximate surface area is 95.1 Å². The van der Waals surface area contributed by atoms with Gasteiger partial charge in [-0.15, -0.1) is 0 Å². The van der Waals surface area contributed by atoms with Gasteiger partial charge >= 0.3 is 0 Å². The number of ether oxygens (including phenoxy) is 2. The zero-order chi connectivity index (χ0) is 11.2. The molecular weight excluding hydrogens is 204 g/mol. The van der Waals surface area contributed by atoms with Crippen LogP contribution in [0.15, 0.2) is 24.3 Å². The molecule has 3 rings (SSSR count). The average molecular weight is 220 g/mol. The molecule has 0 bridgehead atoms. The lowest BCUT2D eigenvalue weighted by molar-refractivity contribution is -0.181. The van der Waals surface area contributed by atoms with Crippen molar-refractivity contribution in [2.45, 2.75) is 19.1 Å². The van der Waals surface area contributed by atoms with Crippen molar-refractivity contribution in [2.75, 3.05) is 13.2 Å². The first-order chi connectivity index (χ1) is 7.73. The highest BCUT2D eigenvalue weighted by atomic mass is 16.7. The number of hydrogen-bond donors (Lipinski definition) is 0. The van der Waals surface area contributed by atoms with E-state index in [2.05, 4.69) is 19.1 Å². The van der Waals surface area contributed by atoms with E-state index in [0.717, 1.165) is 6.42 Å². The van der Waals surface area contributed by atoms with Crippen molar-refractivity contribution in [1.29, 1.82) is 0 Å². The number of ketones is 1. The fourth-order valence-corrected chi connectivity index (χ4v) is 3.13. The summed E-state index contributed by atoms with van der Waals surface area (Å²) < 4.78 is 11.5. The maximum Gasteiger partial charge on any atom is 0.192 e. The molecule has 0 saturated carbocycles. The number of carbonyl (C=O) groups excluding carboxylic acids is 1. The highest BCUT2D eigenvalue weighted by Gasteiger charge is 2.51. The van der Waals surface area contributed by atoms with Crippen molar-refractivity contribution >= 4 is 5.78 Å². The molecule has 1 aliphatic heterocycles. The quantitative estimate of drug-likeness (QED) is 0.583. The van der Waals surface area contributed by atoms with Gasteiger partial charge in [-0.05, 0) is 24.5 Å². The molecule has 1 fully saturated rings. The maximum atomic E-state index is 11.9. The fraction of sp³-hybridized carbons (Fsp3) is 0.615. The minimum absolute atomic E-state index is 0.0214. The second-order valence-electron chi connectivity index (χ2n) is 4.81. The molecule has 1 heterocycles. The highest BCUT2D eigenvalue weighted by Crippen LogP contribution is 2.45. The molecule has 3 atom stereocenters. The first kappa shape index (κ1) is 10.2. The summed E-state index contributed by atoms with van der Waals surface area (Å²) in [6, 6.07) is 0. The number of rotatable bonds is 0. The van der Waals surface area contributed by atoms with E-state index in [4.69, 9.17) is 9.47 Å². The standard InChI is InChI=1S/C13H16O3/c1-9-3-2-4-10-12(9)11(14)5-6-13(10)15-7-8-16-13/h2-3,5-6,9-10,12H,4,7-8H2,1H3/t9-,10+,12-/m0/s1. The third kappa shape index (κ3) is 1.31. The Morgan fingerprint density at radius 3 is 2.88 bits per heavy atom. The van der Waals surface area contributed by atoms with E-state index in [1.807, 2.05) is 6.08 Å². The summed E-state index contributed by atoms with van der Waals surface area (Å²) >= 11 is 0. The molecule has 3 heteroatoms. The average Bonchev–Trinajstić information content (AvgIpc) is 2.74. The van der Waals surface area contributed by atoms with Crippen LogP contribution < -0.4 is 0 Å². The molecule has 0 aromatic heterocycles. The van der Waals surface area contributed by atoms with Crippen LogP contribution in [0.2, 0.25) is 0 Å². The van der Waals surface area contributed by atoms with Gasteiger partial charge in [0.15, 0.2) is 11.6 Å². The number of allylic oxidation sites excluding steroid dienone is 3. The van der Waals surface area contributed by atoms with Crippen LogP contribution in [-0.2, 0) is 14.3 Å². The van der Waals surface area contributed by atoms with Crippen molar-refractivity contribution in [3.63, 3.8) is 0 Å². The van der Waals surface area contributed by atoms with Gasteiger partial charge in [-0.2, -0.15) is 0 Å². The zero-order valence-corrected chi connectivity index (χ0v) is 9.39. The molecule has 0 amide bonds. The minimum atomic E-state index is -0.627. The lowest BCUT2D eigenvalue weighted by Gasteiger charge is -2.43. The lowest BCUT2D eigenvalue weighted by atomic mass is 9.68. The van der Waals surface area contributed by atoms with Crippen LogP contribution in [0.3, 0.4) is 0 Å². The predicted molar refractivity (Wildman–Crippen MR) is 58.7 cm³/mol. The van der Waals surface area contributed by atoms with Crippen LogP contribution in [0, 0.1) is 17.8 Å². The van der Waals surface area contributed by atoms with Crippen molar-refractivity contribution in [1.82, 2.24) is 0 Å². The van der Waals surface area contributed by atoms with Crippen LogP contribution in [0.4, 0.5) is 0 Å². The Kier molecular flexibility index (Phi) is 2.26. The van der Waals surface area contributed by atoms with Crippen molar-refractivity contribution < 1.29 is 14.3 Å². The molecule has 0 aromatic carbocycles. The van der Waals surface area contributed by atoms with Crippen molar-refractivity contribution in [3.8, 4) is 0 Å². The zero-order valence-electron chi connectivity index (χ0n) is 9.39. The van der Waals surface area contributed by atoms with Crippen LogP contribution in [0.1, 0.15) is 13.3 Å². The largest absolute Gasteiger partial charge is 0.344 e. The minimum Gasteiger partial charge on any atom is -0.344 e. The van der Waals surface area contributed by atoms with Crippen LogP contribution in [0.5, 0.6) is 0 Å². The molecule has 0 radical (unpaired) electrons. The van der Waals surface area contributed by atoms with Gasteiger partial charge in [-0.3, -0.25) is 4.79 Å². The summed E-state index contributed by atoms with van der Waals surface area (Å²) in [4.78, 5) is 11.9. The number of carbonyl (C=O) groups is 1. The first-order valence-electron chi connectivity index (χ1n) is 5.90. The van der Waals surface area contributed by atoms with Gasteiger partial charge in [-0.1, -0.05) is 19.1 Å². The Bertz CT molecular complexity index is 363. The van der Waals surface area contributed by atoms with Gasteiger partial charge in [0.1, 0.15) is 0 Å². The van der Waals surface area contributed by atoms with Gasteiger partial charge < -0.3 is 9.47 Å². The molecule has 1 saturated heterocycles. The lowest BCUT2D eigenvalue weighted by Crippen LogP contribution is -2.49. The van der Waals surface area contributed by atoms with Gasteiger partial charge in [0.05, 0.1) is 13.2 Å². The van der Waals surface area contributed by atoms with E-state index in [0.29, 0.717) is 13.2 Å². The van der Waals surface area contributed by atoms with E-state index in [-0.39, 0.29) is 23.5 Å². The Morgan fingerprint density at radius 2 is 2.12 bits per heavy atom. The molecule has 3 aliphatic rings. The smallest absolute Gasteiger partial charge is 0.192 e. The van der Waals surface area contributed by atoms with Gasteiger partial charge in [0.25, 0.3) is 0 Å². The van der Waals surface area contributed by atoms with Crippen molar-refractivity contribution in [2.24, 2.45) is 17.8 Å². The predicted octanol–water partition coefficient (Wildman–Crippen LogP) is 1.70. The summed E-state index contributed by atoms with van der Waals surface area (Å²) in [5, 5.41) is 0. The number of fused-ring (bicyclic) bond motifs is 2. The first-order valence-corrected chi connectivity index (χ1v) is 5.90. The van der Waals surface area contributed by atoms with E-state index >= 15 is 0 Å². The molecule has 16 heavy (non-hydrogen) atoms. The molecular formula is C13H16O3. The van der Waals surface area contributed by atoms with Gasteiger partial charge in [0.2, 0.25) is 0 Å².